The number of carbonyl (C=O) groups is 2. The number of carboxylic acid groups (broad SMARTS) is 1. The van der Waals surface area contributed by atoms with E-state index < -0.39 is 41.7 Å². The zero-order valence-corrected chi connectivity index (χ0v) is 22.8. The van der Waals surface area contributed by atoms with E-state index in [2.05, 4.69) is 17.4 Å². The predicted octanol–water partition coefficient (Wildman–Crippen LogP) is 4.82. The molecule has 2 spiro atoms. The molecule has 6 rings (SSSR count). The molecule has 5 atom stereocenters. The molecule has 3 heterocycles. The fourth-order valence-corrected chi connectivity index (χ4v) is 6.70. The summed E-state index contributed by atoms with van der Waals surface area (Å²) in [5.41, 5.74) is 4.42. The summed E-state index contributed by atoms with van der Waals surface area (Å²) in [4.78, 5) is 25.3. The normalized spacial score (nSPS) is 29.4. The van der Waals surface area contributed by atoms with Crippen molar-refractivity contribution in [3.05, 3.63) is 59.7 Å². The Morgan fingerprint density at radius 3 is 2.10 bits per heavy atom. The molecular weight excluding hydrogens is 514 g/mol. The van der Waals surface area contributed by atoms with E-state index in [1.807, 2.05) is 36.4 Å². The van der Waals surface area contributed by atoms with E-state index in [-0.39, 0.29) is 19.1 Å². The monoisotopic (exact) mass is 551 g/mol. The van der Waals surface area contributed by atoms with Gasteiger partial charge in [0.05, 0.1) is 25.9 Å². The first-order valence-electron chi connectivity index (χ1n) is 14.4. The highest BCUT2D eigenvalue weighted by molar-refractivity contribution is 5.81. The first-order chi connectivity index (χ1) is 19.4. The molecule has 3 saturated heterocycles. The van der Waals surface area contributed by atoms with Gasteiger partial charge in [-0.05, 0) is 47.9 Å². The first-order valence-corrected chi connectivity index (χ1v) is 14.4. The van der Waals surface area contributed by atoms with Crippen LogP contribution in [-0.4, -0.2) is 67.3 Å². The average molecular weight is 552 g/mol. The molecule has 0 saturated carbocycles. The minimum absolute atomic E-state index is 0.0976. The van der Waals surface area contributed by atoms with Gasteiger partial charge in [-0.1, -0.05) is 55.5 Å². The number of hydrogen-bond acceptors (Lipinski definition) is 7. The Labute approximate surface area is 234 Å². The third kappa shape index (κ3) is 4.79. The van der Waals surface area contributed by atoms with Gasteiger partial charge in [-0.25, -0.2) is 9.59 Å². The number of nitrogens with one attached hydrogen (secondary N) is 1. The lowest BCUT2D eigenvalue weighted by Crippen LogP contribution is -2.69. The number of carboxylic acids is 1. The van der Waals surface area contributed by atoms with Crippen molar-refractivity contribution in [3.63, 3.8) is 0 Å². The molecule has 40 heavy (non-hydrogen) atoms. The van der Waals surface area contributed by atoms with Crippen molar-refractivity contribution in [2.24, 2.45) is 5.92 Å². The second-order valence-electron chi connectivity index (χ2n) is 11.2. The van der Waals surface area contributed by atoms with E-state index in [0.717, 1.165) is 47.9 Å². The number of rotatable bonds is 6. The van der Waals surface area contributed by atoms with Gasteiger partial charge in [0.15, 0.2) is 0 Å². The number of carbonyl (C=O) groups excluding carboxylic acids is 1. The van der Waals surface area contributed by atoms with E-state index in [9.17, 15) is 14.7 Å². The van der Waals surface area contributed by atoms with Crippen molar-refractivity contribution in [1.29, 1.82) is 0 Å². The molecule has 1 amide bonds. The molecule has 2 N–H and O–H groups in total. The minimum atomic E-state index is -1.24. The van der Waals surface area contributed by atoms with Gasteiger partial charge in [-0.3, -0.25) is 0 Å². The lowest BCUT2D eigenvalue weighted by atomic mass is 9.87. The highest BCUT2D eigenvalue weighted by atomic mass is 16.8. The summed E-state index contributed by atoms with van der Waals surface area (Å²) in [7, 11) is 0. The number of hydrogen-bond donors (Lipinski definition) is 2. The SMILES string of the molecule is C[C@@H]([C@@H]1COC2(CCCCO2)C2(CCCCO2)O1)[C@H](NC(=O)OCC1c2ccccc2-c2ccccc21)C(=O)O. The fraction of sp³-hybridized carbons (Fsp3) is 0.548. The Morgan fingerprint density at radius 1 is 0.925 bits per heavy atom. The van der Waals surface area contributed by atoms with Crippen LogP contribution in [0.5, 0.6) is 0 Å². The summed E-state index contributed by atoms with van der Waals surface area (Å²) >= 11 is 0. The van der Waals surface area contributed by atoms with E-state index in [1.165, 1.54) is 0 Å². The third-order valence-corrected chi connectivity index (χ3v) is 8.87. The van der Waals surface area contributed by atoms with Crippen molar-refractivity contribution in [1.82, 2.24) is 5.32 Å². The number of ether oxygens (including phenoxy) is 5. The van der Waals surface area contributed by atoms with Crippen LogP contribution in [0.1, 0.15) is 62.5 Å². The maximum absolute atomic E-state index is 12.9. The summed E-state index contributed by atoms with van der Waals surface area (Å²) in [5, 5.41) is 12.7. The lowest BCUT2D eigenvalue weighted by molar-refractivity contribution is -0.469. The molecule has 3 aliphatic heterocycles. The molecule has 3 fully saturated rings. The van der Waals surface area contributed by atoms with Crippen LogP contribution in [0, 0.1) is 5.92 Å². The molecule has 2 aromatic rings. The Balaban J connectivity index is 1.13. The van der Waals surface area contributed by atoms with E-state index in [4.69, 9.17) is 23.7 Å². The van der Waals surface area contributed by atoms with Crippen LogP contribution >= 0.6 is 0 Å². The minimum Gasteiger partial charge on any atom is -0.480 e. The topological polar surface area (TPSA) is 113 Å². The van der Waals surface area contributed by atoms with Crippen LogP contribution in [-0.2, 0) is 28.5 Å². The molecule has 2 unspecified atom stereocenters. The third-order valence-electron chi connectivity index (χ3n) is 8.87. The van der Waals surface area contributed by atoms with Crippen LogP contribution < -0.4 is 5.32 Å². The van der Waals surface area contributed by atoms with Gasteiger partial charge in [0.25, 0.3) is 0 Å². The number of benzene rings is 2. The van der Waals surface area contributed by atoms with Crippen LogP contribution in [0.25, 0.3) is 11.1 Å². The van der Waals surface area contributed by atoms with Crippen LogP contribution in [0.3, 0.4) is 0 Å². The van der Waals surface area contributed by atoms with Crippen molar-refractivity contribution < 1.29 is 38.4 Å². The molecule has 0 aromatic heterocycles. The van der Waals surface area contributed by atoms with Crippen molar-refractivity contribution >= 4 is 12.1 Å². The average Bonchev–Trinajstić information content (AvgIpc) is 3.30. The Morgan fingerprint density at radius 2 is 1.52 bits per heavy atom. The quantitative estimate of drug-likeness (QED) is 0.525. The maximum atomic E-state index is 12.9. The highest BCUT2D eigenvalue weighted by Crippen LogP contribution is 2.49. The molecule has 0 bridgehead atoms. The number of fused-ring (bicyclic) bond motifs is 4. The molecule has 9 nitrogen and oxygen atoms in total. The predicted molar refractivity (Wildman–Crippen MR) is 145 cm³/mol. The molecule has 2 aromatic carbocycles. The van der Waals surface area contributed by atoms with Gasteiger partial charge in [-0.2, -0.15) is 0 Å². The molecule has 4 aliphatic rings. The molecule has 1 aliphatic carbocycles. The van der Waals surface area contributed by atoms with Crippen LogP contribution in [0.2, 0.25) is 0 Å². The second-order valence-corrected chi connectivity index (χ2v) is 11.2. The summed E-state index contributed by atoms with van der Waals surface area (Å²) < 4.78 is 30.9. The van der Waals surface area contributed by atoms with Crippen molar-refractivity contribution in [2.45, 2.75) is 75.1 Å². The van der Waals surface area contributed by atoms with Gasteiger partial charge in [0, 0.05) is 24.7 Å². The van der Waals surface area contributed by atoms with Crippen molar-refractivity contribution in [2.75, 3.05) is 26.4 Å². The summed E-state index contributed by atoms with van der Waals surface area (Å²) in [6, 6.07) is 14.9. The van der Waals surface area contributed by atoms with E-state index >= 15 is 0 Å². The number of aliphatic carboxylic acids is 1. The van der Waals surface area contributed by atoms with Crippen molar-refractivity contribution in [3.8, 4) is 11.1 Å². The standard InChI is InChI=1S/C31H37NO8/c1-20(26-19-39-30(14-6-8-16-37-30)31(40-26)15-7-9-17-38-31)27(28(33)34)32-29(35)36-18-25-23-12-4-2-10-21(23)22-11-3-5-13-24(22)25/h2-5,10-13,20,25-27H,6-9,14-19H2,1H3,(H,32,35)(H,33,34)/t20-,26-,27-,30?,31?/m0/s1. The first kappa shape index (κ1) is 27.2. The van der Waals surface area contributed by atoms with Gasteiger partial charge in [0.2, 0.25) is 11.6 Å². The number of alkyl carbamates (subject to hydrolysis) is 1. The second kappa shape index (κ2) is 11.1. The van der Waals surface area contributed by atoms with Gasteiger partial charge < -0.3 is 34.1 Å². The van der Waals surface area contributed by atoms with Gasteiger partial charge in [-0.15, -0.1) is 0 Å². The van der Waals surface area contributed by atoms with Crippen LogP contribution in [0.4, 0.5) is 4.79 Å². The number of amides is 1. The molecular formula is C31H37NO8. The molecule has 214 valence electrons. The zero-order valence-electron chi connectivity index (χ0n) is 22.8. The smallest absolute Gasteiger partial charge is 0.407 e. The summed E-state index contributed by atoms with van der Waals surface area (Å²) in [6.07, 6.45) is 3.57. The zero-order chi connectivity index (χ0) is 27.7. The fourth-order valence-electron chi connectivity index (χ4n) is 6.70. The van der Waals surface area contributed by atoms with Gasteiger partial charge in [0.1, 0.15) is 12.6 Å². The summed E-state index contributed by atoms with van der Waals surface area (Å²) in [5.74, 6) is -3.99. The Kier molecular flexibility index (Phi) is 7.56. The van der Waals surface area contributed by atoms with E-state index in [0.29, 0.717) is 26.1 Å². The van der Waals surface area contributed by atoms with E-state index in [1.54, 1.807) is 6.92 Å². The Hall–Kier alpha value is -2.98. The molecule has 9 heteroatoms. The maximum Gasteiger partial charge on any atom is 0.407 e. The van der Waals surface area contributed by atoms with Gasteiger partial charge >= 0.3 is 12.1 Å². The highest BCUT2D eigenvalue weighted by Gasteiger charge is 2.62. The Bertz CT molecular complexity index is 1190. The van der Waals surface area contributed by atoms with Crippen LogP contribution in [0.15, 0.2) is 48.5 Å². The summed E-state index contributed by atoms with van der Waals surface area (Å²) in [6.45, 7) is 3.07. The lowest BCUT2D eigenvalue weighted by Gasteiger charge is -2.56. The molecule has 0 radical (unpaired) electrons. The largest absolute Gasteiger partial charge is 0.480 e.